The maximum atomic E-state index is 13.0. The van der Waals surface area contributed by atoms with E-state index in [0.717, 1.165) is 11.8 Å². The van der Waals surface area contributed by atoms with Crippen molar-refractivity contribution in [2.45, 2.75) is 25.4 Å². The van der Waals surface area contributed by atoms with Gasteiger partial charge in [0, 0.05) is 17.5 Å². The van der Waals surface area contributed by atoms with Gasteiger partial charge in [0.25, 0.3) is 5.91 Å². The van der Waals surface area contributed by atoms with Crippen molar-refractivity contribution in [3.8, 4) is 0 Å². The predicted octanol–water partition coefficient (Wildman–Crippen LogP) is 1.90. The van der Waals surface area contributed by atoms with Crippen molar-refractivity contribution in [3.63, 3.8) is 0 Å². The number of nitrogens with zero attached hydrogens (tertiary/aromatic N) is 2. The van der Waals surface area contributed by atoms with E-state index in [0.29, 0.717) is 17.9 Å². The van der Waals surface area contributed by atoms with Crippen LogP contribution in [0.25, 0.3) is 11.0 Å². The van der Waals surface area contributed by atoms with Crippen LogP contribution in [0.4, 0.5) is 0 Å². The second-order valence-corrected chi connectivity index (χ2v) is 5.89. The highest BCUT2D eigenvalue weighted by molar-refractivity contribution is 6.00. The molecule has 3 unspecified atom stereocenters. The minimum Gasteiger partial charge on any atom is -0.464 e. The fourth-order valence-electron chi connectivity index (χ4n) is 3.56. The molecule has 3 atom stereocenters. The normalized spacial score (nSPS) is 25.3. The van der Waals surface area contributed by atoms with E-state index < -0.39 is 6.04 Å². The lowest BCUT2D eigenvalue weighted by Crippen LogP contribution is -2.48. The first kappa shape index (κ1) is 14.0. The molecule has 1 N–H and O–H groups in total. The molecule has 3 heterocycles. The number of hydrogen-bond donors (Lipinski definition) is 1. The number of nitrogens with one attached hydrogen (secondary N) is 1. The first-order valence-corrected chi connectivity index (χ1v) is 7.80. The monoisotopic (exact) mass is 311 g/mol. The molecule has 1 amide bonds. The van der Waals surface area contributed by atoms with Gasteiger partial charge in [-0.3, -0.25) is 4.79 Å². The molecule has 2 bridgehead atoms. The summed E-state index contributed by atoms with van der Waals surface area (Å²) in [6, 6.07) is 4.93. The highest BCUT2D eigenvalue weighted by Crippen LogP contribution is 2.38. The highest BCUT2D eigenvalue weighted by Gasteiger charge is 2.49. The van der Waals surface area contributed by atoms with Gasteiger partial charge in [0.2, 0.25) is 0 Å². The van der Waals surface area contributed by atoms with E-state index in [2.05, 4.69) is 9.97 Å². The molecule has 1 aliphatic carbocycles. The number of ether oxygens (including phenoxy) is 1. The Morgan fingerprint density at radius 2 is 2.30 bits per heavy atom. The highest BCUT2D eigenvalue weighted by atomic mass is 16.5. The Morgan fingerprint density at radius 3 is 3.09 bits per heavy atom. The lowest BCUT2D eigenvalue weighted by atomic mass is 10.0. The maximum absolute atomic E-state index is 13.0. The third-order valence-electron chi connectivity index (χ3n) is 4.54. The maximum Gasteiger partial charge on any atom is 0.329 e. The molecule has 2 aromatic heterocycles. The second kappa shape index (κ2) is 5.22. The lowest BCUT2D eigenvalue weighted by molar-refractivity contribution is -0.148. The Kier molecular flexibility index (Phi) is 3.18. The number of likely N-dealkylation sites (tertiary alicyclic amines) is 1. The molecule has 0 saturated carbocycles. The number of aromatic nitrogens is 2. The first-order valence-electron chi connectivity index (χ1n) is 7.80. The van der Waals surface area contributed by atoms with E-state index in [-0.39, 0.29) is 23.8 Å². The van der Waals surface area contributed by atoms with Crippen LogP contribution >= 0.6 is 0 Å². The topological polar surface area (TPSA) is 75.3 Å². The molecule has 1 aliphatic heterocycles. The Balaban J connectivity index is 1.68. The number of hydrogen-bond acceptors (Lipinski definition) is 4. The van der Waals surface area contributed by atoms with Gasteiger partial charge in [-0.1, -0.05) is 12.2 Å². The number of carbonyl (C=O) groups is 2. The number of rotatable bonds is 3. The van der Waals surface area contributed by atoms with Gasteiger partial charge < -0.3 is 14.6 Å². The Hall–Kier alpha value is -2.63. The minimum atomic E-state index is -0.531. The number of fused-ring (bicyclic) bond motifs is 3. The van der Waals surface area contributed by atoms with Crippen molar-refractivity contribution in [2.75, 3.05) is 6.61 Å². The van der Waals surface area contributed by atoms with E-state index in [1.807, 2.05) is 24.3 Å². The van der Waals surface area contributed by atoms with Gasteiger partial charge in [-0.15, -0.1) is 0 Å². The van der Waals surface area contributed by atoms with Gasteiger partial charge in [0.05, 0.1) is 12.6 Å². The number of carbonyl (C=O) groups excluding carboxylic acids is 2. The quantitative estimate of drug-likeness (QED) is 0.694. The third-order valence-corrected chi connectivity index (χ3v) is 4.54. The minimum absolute atomic E-state index is 0.0405. The van der Waals surface area contributed by atoms with Crippen LogP contribution in [0.3, 0.4) is 0 Å². The molecule has 1 fully saturated rings. The molecule has 0 radical (unpaired) electrons. The summed E-state index contributed by atoms with van der Waals surface area (Å²) in [4.78, 5) is 34.1. The van der Waals surface area contributed by atoms with Crippen LogP contribution in [0.15, 0.2) is 36.5 Å². The number of amides is 1. The van der Waals surface area contributed by atoms with E-state index >= 15 is 0 Å². The molecule has 118 valence electrons. The standard InChI is InChI=1S/C17H17N3O3/c1-2-23-17(22)14-10-5-6-12(8-10)20(14)16(21)13-9-11-4-3-7-18-15(11)19-13/h3-7,9-10,12,14H,2,8H2,1H3,(H,18,19). The van der Waals surface area contributed by atoms with Crippen LogP contribution < -0.4 is 0 Å². The fourth-order valence-corrected chi connectivity index (χ4v) is 3.56. The van der Waals surface area contributed by atoms with Crippen molar-refractivity contribution in [1.82, 2.24) is 14.9 Å². The number of aromatic amines is 1. The van der Waals surface area contributed by atoms with Gasteiger partial charge in [-0.2, -0.15) is 0 Å². The van der Waals surface area contributed by atoms with Crippen LogP contribution in [-0.4, -0.2) is 45.4 Å². The summed E-state index contributed by atoms with van der Waals surface area (Å²) in [5, 5.41) is 0.878. The second-order valence-electron chi connectivity index (χ2n) is 5.89. The zero-order chi connectivity index (χ0) is 16.0. The SMILES string of the molecule is CCOC(=O)C1C2C=CC(C2)N1C(=O)c1cc2cccnc2[nH]1. The molecule has 2 aromatic rings. The van der Waals surface area contributed by atoms with E-state index in [9.17, 15) is 9.59 Å². The van der Waals surface area contributed by atoms with Gasteiger partial charge >= 0.3 is 5.97 Å². The number of H-pyrrole nitrogens is 1. The van der Waals surface area contributed by atoms with Gasteiger partial charge in [0.15, 0.2) is 0 Å². The van der Waals surface area contributed by atoms with Crippen molar-refractivity contribution >= 4 is 22.9 Å². The third kappa shape index (κ3) is 2.13. The lowest BCUT2D eigenvalue weighted by Gasteiger charge is -2.30. The van der Waals surface area contributed by atoms with Gasteiger partial charge in [-0.25, -0.2) is 9.78 Å². The van der Waals surface area contributed by atoms with Crippen molar-refractivity contribution in [1.29, 1.82) is 0 Å². The smallest absolute Gasteiger partial charge is 0.329 e. The van der Waals surface area contributed by atoms with Crippen LogP contribution in [0, 0.1) is 5.92 Å². The molecule has 0 aromatic carbocycles. The van der Waals surface area contributed by atoms with Crippen LogP contribution in [-0.2, 0) is 9.53 Å². The van der Waals surface area contributed by atoms with E-state index in [4.69, 9.17) is 4.74 Å². The predicted molar refractivity (Wildman–Crippen MR) is 83.7 cm³/mol. The Morgan fingerprint density at radius 1 is 1.43 bits per heavy atom. The summed E-state index contributed by atoms with van der Waals surface area (Å²) >= 11 is 0. The van der Waals surface area contributed by atoms with Crippen molar-refractivity contribution < 1.29 is 14.3 Å². The molecular formula is C17H17N3O3. The first-order chi connectivity index (χ1) is 11.2. The molecule has 2 aliphatic rings. The molecule has 6 nitrogen and oxygen atoms in total. The molecule has 6 heteroatoms. The number of esters is 1. The molecule has 23 heavy (non-hydrogen) atoms. The zero-order valence-electron chi connectivity index (χ0n) is 12.7. The summed E-state index contributed by atoms with van der Waals surface area (Å²) in [6.45, 7) is 2.09. The summed E-state index contributed by atoms with van der Waals surface area (Å²) in [5.74, 6) is -0.463. The zero-order valence-corrected chi connectivity index (χ0v) is 12.7. The average Bonchev–Trinajstić information content (AvgIpc) is 3.27. The summed E-state index contributed by atoms with van der Waals surface area (Å²) < 4.78 is 5.16. The number of pyridine rings is 1. The summed E-state index contributed by atoms with van der Waals surface area (Å²) in [5.41, 5.74) is 1.12. The average molecular weight is 311 g/mol. The van der Waals surface area contributed by atoms with Crippen molar-refractivity contribution in [2.24, 2.45) is 5.92 Å². The van der Waals surface area contributed by atoms with E-state index in [1.165, 1.54) is 0 Å². The summed E-state index contributed by atoms with van der Waals surface area (Å²) in [7, 11) is 0. The largest absolute Gasteiger partial charge is 0.464 e. The molecule has 0 spiro atoms. The van der Waals surface area contributed by atoms with Crippen molar-refractivity contribution in [3.05, 3.63) is 42.2 Å². The van der Waals surface area contributed by atoms with Crippen LogP contribution in [0.5, 0.6) is 0 Å². The molecular weight excluding hydrogens is 294 g/mol. The Bertz CT molecular complexity index is 777. The van der Waals surface area contributed by atoms with Gasteiger partial charge in [0.1, 0.15) is 17.4 Å². The molecule has 1 saturated heterocycles. The molecule has 4 rings (SSSR count). The van der Waals surface area contributed by atoms with E-state index in [1.54, 1.807) is 24.1 Å². The van der Waals surface area contributed by atoms with Crippen LogP contribution in [0.1, 0.15) is 23.8 Å². The van der Waals surface area contributed by atoms with Gasteiger partial charge in [-0.05, 0) is 31.5 Å². The van der Waals surface area contributed by atoms with Crippen LogP contribution in [0.2, 0.25) is 0 Å². The Labute approximate surface area is 133 Å². The fraction of sp³-hybridized carbons (Fsp3) is 0.353. The summed E-state index contributed by atoms with van der Waals surface area (Å²) in [6.07, 6.45) is 6.48.